The number of aryl methyl sites for hydroxylation is 1. The largest absolute Gasteiger partial charge is 0.369 e. The van der Waals surface area contributed by atoms with E-state index in [9.17, 15) is 4.79 Å². The van der Waals surface area contributed by atoms with Gasteiger partial charge in [-0.1, -0.05) is 13.3 Å². The number of unbranched alkanes of at least 4 members (excludes halogenated alkanes) is 1. The van der Waals surface area contributed by atoms with Gasteiger partial charge in [-0.05, 0) is 51.0 Å². The second-order valence-corrected chi connectivity index (χ2v) is 7.48. The van der Waals surface area contributed by atoms with E-state index in [1.165, 1.54) is 5.69 Å². The summed E-state index contributed by atoms with van der Waals surface area (Å²) in [6, 6.07) is 10.5. The number of nitrogens with one attached hydrogen (secondary N) is 2. The van der Waals surface area contributed by atoms with Crippen molar-refractivity contribution in [2.24, 2.45) is 0 Å². The molecule has 6 nitrogen and oxygen atoms in total. The average Bonchev–Trinajstić information content (AvgIpc) is 2.66. The van der Waals surface area contributed by atoms with Crippen LogP contribution in [0.5, 0.6) is 0 Å². The molecule has 0 atom stereocenters. The van der Waals surface area contributed by atoms with Gasteiger partial charge in [-0.3, -0.25) is 14.7 Å². The molecule has 2 heterocycles. The maximum absolute atomic E-state index is 11.9. The average molecular weight is 370 g/mol. The highest BCUT2D eigenvalue weighted by Crippen LogP contribution is 2.21. The molecule has 1 aliphatic rings. The fraction of sp³-hybridized carbons (Fsp3) is 0.524. The van der Waals surface area contributed by atoms with E-state index in [4.69, 9.17) is 0 Å². The summed E-state index contributed by atoms with van der Waals surface area (Å²) in [5.74, 6) is 0.506. The summed E-state index contributed by atoms with van der Waals surface area (Å²) in [5.41, 5.74) is 2.89. The van der Waals surface area contributed by atoms with E-state index in [2.05, 4.69) is 58.0 Å². The first-order valence-electron chi connectivity index (χ1n) is 10.0. The molecule has 27 heavy (non-hydrogen) atoms. The number of hydrogen-bond donors (Lipinski definition) is 2. The van der Waals surface area contributed by atoms with E-state index >= 15 is 0 Å². The number of piperazine rings is 1. The van der Waals surface area contributed by atoms with Crippen LogP contribution in [0, 0.1) is 0 Å². The lowest BCUT2D eigenvalue weighted by Gasteiger charge is -2.38. The van der Waals surface area contributed by atoms with E-state index in [1.54, 1.807) is 6.07 Å². The molecular weight excluding hydrogens is 338 g/mol. The van der Waals surface area contributed by atoms with Crippen molar-refractivity contribution in [2.75, 3.05) is 36.4 Å². The zero-order chi connectivity index (χ0) is 19.2. The number of benzene rings is 1. The van der Waals surface area contributed by atoms with E-state index in [-0.39, 0.29) is 5.56 Å². The van der Waals surface area contributed by atoms with Gasteiger partial charge in [-0.25, -0.2) is 4.98 Å². The van der Waals surface area contributed by atoms with Crippen molar-refractivity contribution in [3.8, 4) is 0 Å². The molecule has 1 saturated heterocycles. The Morgan fingerprint density at radius 2 is 1.85 bits per heavy atom. The molecule has 2 aromatic rings. The van der Waals surface area contributed by atoms with Crippen LogP contribution in [0.15, 0.2) is 35.1 Å². The van der Waals surface area contributed by atoms with Gasteiger partial charge < -0.3 is 10.2 Å². The van der Waals surface area contributed by atoms with Crippen molar-refractivity contribution >= 4 is 17.3 Å². The van der Waals surface area contributed by atoms with E-state index in [0.717, 1.165) is 56.8 Å². The number of anilines is 3. The van der Waals surface area contributed by atoms with Gasteiger partial charge in [0.05, 0.1) is 0 Å². The van der Waals surface area contributed by atoms with Crippen LogP contribution in [0.25, 0.3) is 0 Å². The van der Waals surface area contributed by atoms with E-state index < -0.39 is 0 Å². The third-order valence-corrected chi connectivity index (χ3v) is 5.12. The highest BCUT2D eigenvalue weighted by atomic mass is 16.1. The monoisotopic (exact) mass is 369 g/mol. The third kappa shape index (κ3) is 5.32. The topological polar surface area (TPSA) is 64.3 Å². The highest BCUT2D eigenvalue weighted by Gasteiger charge is 2.18. The number of rotatable bonds is 7. The molecule has 0 aliphatic carbocycles. The number of aromatic amines is 1. The second kappa shape index (κ2) is 9.04. The Hall–Kier alpha value is -2.34. The molecule has 0 saturated carbocycles. The lowest BCUT2D eigenvalue weighted by molar-refractivity contribution is 0.209. The summed E-state index contributed by atoms with van der Waals surface area (Å²) in [5, 5.41) is 3.22. The minimum atomic E-state index is -0.113. The van der Waals surface area contributed by atoms with E-state index in [1.807, 2.05) is 12.1 Å². The van der Waals surface area contributed by atoms with Crippen molar-refractivity contribution in [2.45, 2.75) is 46.1 Å². The van der Waals surface area contributed by atoms with Crippen LogP contribution in [0.2, 0.25) is 0 Å². The van der Waals surface area contributed by atoms with Gasteiger partial charge in [-0.15, -0.1) is 0 Å². The molecule has 1 aromatic carbocycles. The Kier molecular flexibility index (Phi) is 6.50. The van der Waals surface area contributed by atoms with Crippen molar-refractivity contribution in [1.29, 1.82) is 0 Å². The molecule has 1 aliphatic heterocycles. The Morgan fingerprint density at radius 3 is 2.48 bits per heavy atom. The summed E-state index contributed by atoms with van der Waals surface area (Å²) < 4.78 is 0. The number of hydrogen-bond acceptors (Lipinski definition) is 5. The van der Waals surface area contributed by atoms with Crippen molar-refractivity contribution in [1.82, 2.24) is 14.9 Å². The van der Waals surface area contributed by atoms with Gasteiger partial charge in [0.15, 0.2) is 0 Å². The van der Waals surface area contributed by atoms with Crippen molar-refractivity contribution in [3.63, 3.8) is 0 Å². The van der Waals surface area contributed by atoms with Gasteiger partial charge in [-0.2, -0.15) is 0 Å². The summed E-state index contributed by atoms with van der Waals surface area (Å²) in [6.07, 6.45) is 2.95. The summed E-state index contributed by atoms with van der Waals surface area (Å²) in [7, 11) is 0. The minimum Gasteiger partial charge on any atom is -0.369 e. The van der Waals surface area contributed by atoms with Crippen LogP contribution < -0.4 is 15.8 Å². The Bertz CT molecular complexity index is 776. The van der Waals surface area contributed by atoms with Gasteiger partial charge >= 0.3 is 0 Å². The van der Waals surface area contributed by atoms with Crippen LogP contribution in [0.1, 0.15) is 39.3 Å². The molecule has 2 N–H and O–H groups in total. The second-order valence-electron chi connectivity index (χ2n) is 7.48. The quantitative estimate of drug-likeness (QED) is 0.783. The lowest BCUT2D eigenvalue weighted by atomic mass is 10.2. The predicted octanol–water partition coefficient (Wildman–Crippen LogP) is 3.39. The van der Waals surface area contributed by atoms with Gasteiger partial charge in [0.2, 0.25) is 5.95 Å². The molecule has 3 rings (SSSR count). The summed E-state index contributed by atoms with van der Waals surface area (Å²) in [6.45, 7) is 11.0. The smallest absolute Gasteiger partial charge is 0.252 e. The molecule has 1 aromatic heterocycles. The maximum Gasteiger partial charge on any atom is 0.252 e. The summed E-state index contributed by atoms with van der Waals surface area (Å²) in [4.78, 5) is 24.1. The zero-order valence-electron chi connectivity index (χ0n) is 16.7. The van der Waals surface area contributed by atoms with Crippen molar-refractivity contribution < 1.29 is 0 Å². The minimum absolute atomic E-state index is 0.113. The normalized spacial score (nSPS) is 15.3. The number of nitrogens with zero attached hydrogens (tertiary/aromatic N) is 3. The predicted molar refractivity (Wildman–Crippen MR) is 112 cm³/mol. The third-order valence-electron chi connectivity index (χ3n) is 5.12. The van der Waals surface area contributed by atoms with Crippen LogP contribution in [-0.4, -0.2) is 47.1 Å². The standard InChI is InChI=1S/C21H31N5O/c1-4-5-6-18-15-20(27)24-21(23-18)22-17-7-9-19(10-8-17)26-13-11-25(12-14-26)16(2)3/h7-10,15-16H,4-6,11-14H2,1-3H3,(H2,22,23,24,27). The first-order chi connectivity index (χ1) is 13.0. The fourth-order valence-corrected chi connectivity index (χ4v) is 3.44. The van der Waals surface area contributed by atoms with Crippen LogP contribution in [-0.2, 0) is 6.42 Å². The SMILES string of the molecule is CCCCc1cc(=O)[nH]c(Nc2ccc(N3CCN(C(C)C)CC3)cc2)n1. The summed E-state index contributed by atoms with van der Waals surface area (Å²) >= 11 is 0. The Labute approximate surface area is 161 Å². The number of H-pyrrole nitrogens is 1. The van der Waals surface area contributed by atoms with Gasteiger partial charge in [0, 0.05) is 55.4 Å². The van der Waals surface area contributed by atoms with Crippen molar-refractivity contribution in [3.05, 3.63) is 46.4 Å². The van der Waals surface area contributed by atoms with Crippen LogP contribution >= 0.6 is 0 Å². The fourth-order valence-electron chi connectivity index (χ4n) is 3.44. The molecule has 0 amide bonds. The molecule has 0 spiro atoms. The molecule has 0 unspecified atom stereocenters. The first-order valence-corrected chi connectivity index (χ1v) is 10.0. The molecule has 0 bridgehead atoms. The zero-order valence-corrected chi connectivity index (χ0v) is 16.7. The number of aromatic nitrogens is 2. The van der Waals surface area contributed by atoms with Gasteiger partial charge in [0.1, 0.15) is 0 Å². The van der Waals surface area contributed by atoms with Crippen LogP contribution in [0.4, 0.5) is 17.3 Å². The highest BCUT2D eigenvalue weighted by molar-refractivity contribution is 5.59. The molecular formula is C21H31N5O. The van der Waals surface area contributed by atoms with Gasteiger partial charge in [0.25, 0.3) is 5.56 Å². The van der Waals surface area contributed by atoms with E-state index in [0.29, 0.717) is 12.0 Å². The first kappa shape index (κ1) is 19.4. The maximum atomic E-state index is 11.9. The molecule has 1 fully saturated rings. The Balaban J connectivity index is 1.63. The Morgan fingerprint density at radius 1 is 1.15 bits per heavy atom. The molecule has 6 heteroatoms. The van der Waals surface area contributed by atoms with Crippen LogP contribution in [0.3, 0.4) is 0 Å². The lowest BCUT2D eigenvalue weighted by Crippen LogP contribution is -2.48. The molecule has 0 radical (unpaired) electrons. The molecule has 146 valence electrons.